The van der Waals surface area contributed by atoms with Crippen molar-refractivity contribution in [3.05, 3.63) is 82.8 Å². The predicted octanol–water partition coefficient (Wildman–Crippen LogP) is 4.52. The number of nitrogens with zero attached hydrogens (tertiary/aromatic N) is 1. The second-order valence-corrected chi connectivity index (χ2v) is 8.66. The molecule has 0 saturated carbocycles. The maximum atomic E-state index is 4.66. The van der Waals surface area contributed by atoms with E-state index in [1.54, 1.807) is 0 Å². The van der Waals surface area contributed by atoms with Crippen molar-refractivity contribution >= 4 is 46.4 Å². The molecule has 0 radical (unpaired) electrons. The second kappa shape index (κ2) is 6.94. The molecule has 4 heteroatoms. The summed E-state index contributed by atoms with van der Waals surface area (Å²) in [5, 5.41) is 1.12. The fourth-order valence-electron chi connectivity index (χ4n) is 2.55. The van der Waals surface area contributed by atoms with Crippen LogP contribution in [0, 0.1) is 0 Å². The van der Waals surface area contributed by atoms with Crippen LogP contribution in [-0.2, 0) is 5.32 Å². The summed E-state index contributed by atoms with van der Waals surface area (Å²) in [6.07, 6.45) is 0. The molecule has 0 saturated heterocycles. The summed E-state index contributed by atoms with van der Waals surface area (Å²) in [4.78, 5) is 8.04. The molecule has 1 aromatic heterocycles. The van der Waals surface area contributed by atoms with E-state index in [1.807, 2.05) is 18.2 Å². The number of rotatable bonds is 4. The molecule has 0 aliphatic carbocycles. The number of para-hydroxylation sites is 2. The molecule has 2 nitrogen and oxygen atoms in total. The molecule has 24 heavy (non-hydrogen) atoms. The molecular weight excluding hydrogens is 427 g/mol. The molecule has 0 unspecified atom stereocenters. The van der Waals surface area contributed by atoms with Crippen LogP contribution in [0.15, 0.2) is 77.3 Å². The van der Waals surface area contributed by atoms with E-state index in [0.29, 0.717) is 15.0 Å². The molecular formula is C20H15BrN2Se. The van der Waals surface area contributed by atoms with Crippen LogP contribution in [0.1, 0.15) is 5.56 Å². The molecule has 1 heterocycles. The Morgan fingerprint density at radius 1 is 0.875 bits per heavy atom. The minimum atomic E-state index is 0.445. The number of H-pyrrole nitrogens is 1. The van der Waals surface area contributed by atoms with Crippen LogP contribution in [-0.4, -0.2) is 24.9 Å². The van der Waals surface area contributed by atoms with Gasteiger partial charge in [0.15, 0.2) is 0 Å². The predicted molar refractivity (Wildman–Crippen MR) is 105 cm³/mol. The number of fused-ring (bicyclic) bond motifs is 1. The van der Waals surface area contributed by atoms with Crippen LogP contribution in [0.3, 0.4) is 0 Å². The van der Waals surface area contributed by atoms with Gasteiger partial charge >= 0.3 is 156 Å². The average Bonchev–Trinajstić information content (AvgIpc) is 3.06. The zero-order valence-corrected chi connectivity index (χ0v) is 16.2. The first-order chi connectivity index (χ1) is 11.8. The van der Waals surface area contributed by atoms with E-state index in [9.17, 15) is 0 Å². The maximum absolute atomic E-state index is 4.66. The normalized spacial score (nSPS) is 11.0. The van der Waals surface area contributed by atoms with E-state index in [-0.39, 0.29) is 0 Å². The molecule has 3 aromatic carbocycles. The number of aromatic nitrogens is 2. The summed E-state index contributed by atoms with van der Waals surface area (Å²) >= 11 is 3.93. The van der Waals surface area contributed by atoms with E-state index in [1.165, 1.54) is 10.0 Å². The van der Waals surface area contributed by atoms with Gasteiger partial charge in [-0.2, -0.15) is 0 Å². The molecule has 0 aliphatic heterocycles. The Bertz CT molecular complexity index is 926. The molecule has 4 rings (SSSR count). The van der Waals surface area contributed by atoms with Gasteiger partial charge < -0.3 is 0 Å². The van der Waals surface area contributed by atoms with Gasteiger partial charge in [0.05, 0.1) is 0 Å². The van der Waals surface area contributed by atoms with Gasteiger partial charge in [-0.1, -0.05) is 0 Å². The molecule has 0 atom stereocenters. The Kier molecular flexibility index (Phi) is 4.52. The number of aromatic amines is 1. The average molecular weight is 442 g/mol. The number of hydrogen-bond donors (Lipinski definition) is 1. The van der Waals surface area contributed by atoms with Crippen molar-refractivity contribution in [2.24, 2.45) is 0 Å². The van der Waals surface area contributed by atoms with Crippen LogP contribution < -0.4 is 4.46 Å². The first-order valence-corrected chi connectivity index (χ1v) is 10.6. The molecule has 4 aromatic rings. The van der Waals surface area contributed by atoms with Gasteiger partial charge in [-0.05, 0) is 0 Å². The van der Waals surface area contributed by atoms with E-state index in [4.69, 9.17) is 0 Å². The van der Waals surface area contributed by atoms with E-state index < -0.39 is 0 Å². The zero-order chi connectivity index (χ0) is 16.4. The van der Waals surface area contributed by atoms with Crippen molar-refractivity contribution in [1.82, 2.24) is 9.97 Å². The first kappa shape index (κ1) is 15.6. The third-order valence-electron chi connectivity index (χ3n) is 3.84. The van der Waals surface area contributed by atoms with Crippen molar-refractivity contribution < 1.29 is 0 Å². The van der Waals surface area contributed by atoms with Gasteiger partial charge in [0.25, 0.3) is 0 Å². The molecule has 1 N–H and O–H groups in total. The Hall–Kier alpha value is -1.87. The second-order valence-electron chi connectivity index (χ2n) is 5.54. The molecule has 0 spiro atoms. The van der Waals surface area contributed by atoms with Crippen LogP contribution in [0.5, 0.6) is 0 Å². The number of nitrogens with one attached hydrogen (secondary N) is 1. The van der Waals surface area contributed by atoms with Crippen molar-refractivity contribution in [3.8, 4) is 11.4 Å². The van der Waals surface area contributed by atoms with Gasteiger partial charge in [0.2, 0.25) is 0 Å². The Morgan fingerprint density at radius 3 is 2.38 bits per heavy atom. The standard InChI is InChI=1S/C20H15BrN2Se/c21-16-9-5-14(6-10-16)13-24-17-11-7-15(8-12-17)20-22-18-3-1-2-4-19(18)23-20/h1-12H,13H2,(H,22,23). The van der Waals surface area contributed by atoms with Crippen molar-refractivity contribution in [2.45, 2.75) is 5.32 Å². The van der Waals surface area contributed by atoms with Crippen LogP contribution in [0.4, 0.5) is 0 Å². The first-order valence-electron chi connectivity index (χ1n) is 7.70. The monoisotopic (exact) mass is 442 g/mol. The van der Waals surface area contributed by atoms with Gasteiger partial charge in [0, 0.05) is 0 Å². The summed E-state index contributed by atoms with van der Waals surface area (Å²) in [5.41, 5.74) is 4.61. The van der Waals surface area contributed by atoms with Gasteiger partial charge in [-0.15, -0.1) is 0 Å². The molecule has 0 bridgehead atoms. The summed E-state index contributed by atoms with van der Waals surface area (Å²) in [6.45, 7) is 0. The fraction of sp³-hybridized carbons (Fsp3) is 0.0500. The van der Waals surface area contributed by atoms with Gasteiger partial charge in [-0.25, -0.2) is 0 Å². The van der Waals surface area contributed by atoms with Crippen LogP contribution >= 0.6 is 15.9 Å². The van der Waals surface area contributed by atoms with Crippen molar-refractivity contribution in [1.29, 1.82) is 0 Å². The number of benzene rings is 3. The topological polar surface area (TPSA) is 28.7 Å². The minimum absolute atomic E-state index is 0.445. The quantitative estimate of drug-likeness (QED) is 0.463. The summed E-state index contributed by atoms with van der Waals surface area (Å²) < 4.78 is 2.54. The Morgan fingerprint density at radius 2 is 1.62 bits per heavy atom. The Balaban J connectivity index is 1.48. The van der Waals surface area contributed by atoms with Gasteiger partial charge in [0.1, 0.15) is 0 Å². The Labute approximate surface area is 155 Å². The van der Waals surface area contributed by atoms with E-state index in [2.05, 4.69) is 80.5 Å². The number of hydrogen-bond acceptors (Lipinski definition) is 1. The third kappa shape index (κ3) is 3.46. The molecule has 0 aliphatic rings. The van der Waals surface area contributed by atoms with E-state index >= 15 is 0 Å². The molecule has 0 amide bonds. The number of imidazole rings is 1. The summed E-state index contributed by atoms with van der Waals surface area (Å²) in [5.74, 6) is 0.933. The molecule has 0 fully saturated rings. The van der Waals surface area contributed by atoms with Crippen LogP contribution in [0.25, 0.3) is 22.4 Å². The van der Waals surface area contributed by atoms with Crippen molar-refractivity contribution in [3.63, 3.8) is 0 Å². The molecule has 118 valence electrons. The SMILES string of the molecule is Brc1ccc(C[Se]c2ccc(-c3nc4ccccc4[nH]3)cc2)cc1. The van der Waals surface area contributed by atoms with E-state index in [0.717, 1.165) is 32.2 Å². The van der Waals surface area contributed by atoms with Gasteiger partial charge in [-0.3, -0.25) is 0 Å². The third-order valence-corrected chi connectivity index (χ3v) is 6.64. The van der Waals surface area contributed by atoms with Crippen molar-refractivity contribution in [2.75, 3.05) is 0 Å². The summed E-state index contributed by atoms with van der Waals surface area (Å²) in [6, 6.07) is 25.5. The fourth-order valence-corrected chi connectivity index (χ4v) is 4.60. The van der Waals surface area contributed by atoms with Crippen LogP contribution in [0.2, 0.25) is 0 Å². The zero-order valence-electron chi connectivity index (χ0n) is 12.9. The number of halogens is 1. The summed E-state index contributed by atoms with van der Waals surface area (Å²) in [7, 11) is 0.